The maximum absolute atomic E-state index is 12.2. The molecule has 6 heteroatoms. The van der Waals surface area contributed by atoms with Gasteiger partial charge in [0.05, 0.1) is 6.54 Å². The van der Waals surface area contributed by atoms with Crippen LogP contribution in [0.25, 0.3) is 6.08 Å². The van der Waals surface area contributed by atoms with E-state index in [1.807, 2.05) is 23.1 Å². The first-order valence-corrected chi connectivity index (χ1v) is 8.72. The highest BCUT2D eigenvalue weighted by molar-refractivity contribution is 6.30. The van der Waals surface area contributed by atoms with Crippen LogP contribution in [-0.2, 0) is 9.59 Å². The molecule has 2 amide bonds. The van der Waals surface area contributed by atoms with Crippen LogP contribution in [0.2, 0.25) is 5.02 Å². The Labute approximate surface area is 147 Å². The molecule has 0 atom stereocenters. The SMILES string of the molecule is O=C(CN1CCN(C(=O)/C=C/c2cccc(Cl)c2)CC1)NC1CC1. The summed E-state index contributed by atoms with van der Waals surface area (Å²) in [5.74, 6) is 0.0928. The van der Waals surface area contributed by atoms with E-state index in [-0.39, 0.29) is 11.8 Å². The summed E-state index contributed by atoms with van der Waals surface area (Å²) < 4.78 is 0. The third kappa shape index (κ3) is 5.08. The van der Waals surface area contributed by atoms with E-state index < -0.39 is 0 Å². The zero-order valence-corrected chi connectivity index (χ0v) is 14.3. The van der Waals surface area contributed by atoms with Crippen molar-refractivity contribution in [3.8, 4) is 0 Å². The van der Waals surface area contributed by atoms with Gasteiger partial charge in [-0.05, 0) is 36.6 Å². The summed E-state index contributed by atoms with van der Waals surface area (Å²) >= 11 is 5.93. The minimum absolute atomic E-state index is 0.00272. The molecule has 1 aromatic rings. The number of nitrogens with one attached hydrogen (secondary N) is 1. The maximum atomic E-state index is 12.2. The average Bonchev–Trinajstić information content (AvgIpc) is 3.37. The molecule has 0 radical (unpaired) electrons. The zero-order valence-electron chi connectivity index (χ0n) is 13.6. The molecule has 0 aromatic heterocycles. The van der Waals surface area contributed by atoms with E-state index in [4.69, 9.17) is 11.6 Å². The van der Waals surface area contributed by atoms with Crippen LogP contribution in [0.3, 0.4) is 0 Å². The van der Waals surface area contributed by atoms with Gasteiger partial charge in [0.1, 0.15) is 0 Å². The average molecular weight is 348 g/mol. The molecule has 0 unspecified atom stereocenters. The summed E-state index contributed by atoms with van der Waals surface area (Å²) in [7, 11) is 0. The van der Waals surface area contributed by atoms with E-state index in [1.165, 1.54) is 0 Å². The number of carbonyl (C=O) groups is 2. The van der Waals surface area contributed by atoms with E-state index in [2.05, 4.69) is 10.2 Å². The predicted molar refractivity (Wildman–Crippen MR) is 94.7 cm³/mol. The molecule has 128 valence electrons. The van der Waals surface area contributed by atoms with E-state index in [0.717, 1.165) is 31.5 Å². The van der Waals surface area contributed by atoms with E-state index >= 15 is 0 Å². The van der Waals surface area contributed by atoms with Gasteiger partial charge in [0.15, 0.2) is 0 Å². The second kappa shape index (κ2) is 7.81. The first-order valence-electron chi connectivity index (χ1n) is 8.34. The molecule has 1 N–H and O–H groups in total. The van der Waals surface area contributed by atoms with Crippen LogP contribution >= 0.6 is 11.6 Å². The van der Waals surface area contributed by atoms with Crippen LogP contribution in [-0.4, -0.2) is 60.4 Å². The highest BCUT2D eigenvalue weighted by Gasteiger charge is 2.25. The lowest BCUT2D eigenvalue weighted by atomic mass is 10.2. The number of piperazine rings is 1. The van der Waals surface area contributed by atoms with Crippen molar-refractivity contribution in [2.45, 2.75) is 18.9 Å². The minimum Gasteiger partial charge on any atom is -0.352 e. The third-order valence-corrected chi connectivity index (χ3v) is 4.50. The Morgan fingerprint density at radius 3 is 2.62 bits per heavy atom. The Morgan fingerprint density at radius 2 is 1.96 bits per heavy atom. The molecule has 3 rings (SSSR count). The monoisotopic (exact) mass is 347 g/mol. The quantitative estimate of drug-likeness (QED) is 0.826. The molecule has 0 bridgehead atoms. The van der Waals surface area contributed by atoms with Crippen molar-refractivity contribution in [3.63, 3.8) is 0 Å². The number of halogens is 1. The lowest BCUT2D eigenvalue weighted by molar-refractivity contribution is -0.128. The minimum atomic E-state index is -0.00272. The molecular formula is C18H22ClN3O2. The molecule has 1 saturated carbocycles. The summed E-state index contributed by atoms with van der Waals surface area (Å²) in [6.07, 6.45) is 5.57. The van der Waals surface area contributed by atoms with Gasteiger partial charge in [-0.1, -0.05) is 23.7 Å². The second-order valence-corrected chi connectivity index (χ2v) is 6.77. The van der Waals surface area contributed by atoms with Crippen LogP contribution in [0.1, 0.15) is 18.4 Å². The molecule has 2 aliphatic rings. The summed E-state index contributed by atoms with van der Waals surface area (Å²) in [6.45, 7) is 3.19. The number of hydrogen-bond acceptors (Lipinski definition) is 3. The van der Waals surface area contributed by atoms with Gasteiger partial charge in [0.2, 0.25) is 11.8 Å². The van der Waals surface area contributed by atoms with Crippen LogP contribution in [0.5, 0.6) is 0 Å². The van der Waals surface area contributed by atoms with Gasteiger partial charge in [0.25, 0.3) is 0 Å². The van der Waals surface area contributed by atoms with Crippen LogP contribution in [0.15, 0.2) is 30.3 Å². The van der Waals surface area contributed by atoms with Crippen LogP contribution < -0.4 is 5.32 Å². The van der Waals surface area contributed by atoms with E-state index in [9.17, 15) is 9.59 Å². The standard InChI is InChI=1S/C18H22ClN3O2/c19-15-3-1-2-14(12-15)4-7-18(24)22-10-8-21(9-11-22)13-17(23)20-16-5-6-16/h1-4,7,12,16H,5-6,8-11,13H2,(H,20,23)/b7-4+. The number of amides is 2. The molecule has 0 spiro atoms. The van der Waals surface area contributed by atoms with Crippen molar-refractivity contribution in [3.05, 3.63) is 40.9 Å². The van der Waals surface area contributed by atoms with Crippen molar-refractivity contribution in [2.75, 3.05) is 32.7 Å². The van der Waals surface area contributed by atoms with Crippen molar-refractivity contribution < 1.29 is 9.59 Å². The number of carbonyl (C=O) groups excluding carboxylic acids is 2. The third-order valence-electron chi connectivity index (χ3n) is 4.26. The van der Waals surface area contributed by atoms with Crippen molar-refractivity contribution in [1.29, 1.82) is 0 Å². The first kappa shape index (κ1) is 17.0. The zero-order chi connectivity index (χ0) is 16.9. The van der Waals surface area contributed by atoms with Crippen molar-refractivity contribution in [1.82, 2.24) is 15.1 Å². The lowest BCUT2D eigenvalue weighted by Crippen LogP contribution is -2.51. The molecule has 1 saturated heterocycles. The smallest absolute Gasteiger partial charge is 0.246 e. The molecule has 1 aromatic carbocycles. The largest absolute Gasteiger partial charge is 0.352 e. The highest BCUT2D eigenvalue weighted by Crippen LogP contribution is 2.18. The van der Waals surface area contributed by atoms with Crippen LogP contribution in [0.4, 0.5) is 0 Å². The summed E-state index contributed by atoms with van der Waals surface area (Å²) in [5.41, 5.74) is 0.909. The fraction of sp³-hybridized carbons (Fsp3) is 0.444. The Balaban J connectivity index is 1.43. The number of nitrogens with zero attached hydrogens (tertiary/aromatic N) is 2. The van der Waals surface area contributed by atoms with E-state index in [1.54, 1.807) is 18.2 Å². The maximum Gasteiger partial charge on any atom is 0.246 e. The summed E-state index contributed by atoms with van der Waals surface area (Å²) in [6, 6.07) is 7.79. The van der Waals surface area contributed by atoms with Gasteiger partial charge < -0.3 is 10.2 Å². The Morgan fingerprint density at radius 1 is 1.21 bits per heavy atom. The topological polar surface area (TPSA) is 52.7 Å². The van der Waals surface area contributed by atoms with Gasteiger partial charge in [-0.15, -0.1) is 0 Å². The van der Waals surface area contributed by atoms with Gasteiger partial charge in [0, 0.05) is 43.3 Å². The Bertz CT molecular complexity index is 635. The lowest BCUT2D eigenvalue weighted by Gasteiger charge is -2.33. The fourth-order valence-corrected chi connectivity index (χ4v) is 2.91. The van der Waals surface area contributed by atoms with Crippen LogP contribution in [0, 0.1) is 0 Å². The van der Waals surface area contributed by atoms with Crippen molar-refractivity contribution in [2.24, 2.45) is 0 Å². The second-order valence-electron chi connectivity index (χ2n) is 6.33. The van der Waals surface area contributed by atoms with Gasteiger partial charge in [-0.3, -0.25) is 14.5 Å². The Kier molecular flexibility index (Phi) is 5.53. The van der Waals surface area contributed by atoms with Gasteiger partial charge in [-0.2, -0.15) is 0 Å². The molecule has 1 aliphatic carbocycles. The highest BCUT2D eigenvalue weighted by atomic mass is 35.5. The first-order chi connectivity index (χ1) is 11.6. The fourth-order valence-electron chi connectivity index (χ4n) is 2.71. The van der Waals surface area contributed by atoms with Gasteiger partial charge >= 0.3 is 0 Å². The van der Waals surface area contributed by atoms with Crippen molar-refractivity contribution >= 4 is 29.5 Å². The summed E-state index contributed by atoms with van der Waals surface area (Å²) in [5, 5.41) is 3.65. The van der Waals surface area contributed by atoms with E-state index in [0.29, 0.717) is 30.7 Å². The number of rotatable bonds is 5. The molecule has 5 nitrogen and oxygen atoms in total. The van der Waals surface area contributed by atoms with Gasteiger partial charge in [-0.25, -0.2) is 0 Å². The predicted octanol–water partition coefficient (Wildman–Crippen LogP) is 1.78. The summed E-state index contributed by atoms with van der Waals surface area (Å²) in [4.78, 5) is 28.0. The molecular weight excluding hydrogens is 326 g/mol. The molecule has 1 aliphatic heterocycles. The molecule has 24 heavy (non-hydrogen) atoms. The number of hydrogen-bond donors (Lipinski definition) is 1. The number of benzene rings is 1. The molecule has 1 heterocycles. The molecule has 2 fully saturated rings. The Hall–Kier alpha value is -1.85. The normalized spacial score (nSPS) is 18.8.